The normalized spacial score (nSPS) is 17.6. The van der Waals surface area contributed by atoms with E-state index in [0.29, 0.717) is 40.5 Å². The van der Waals surface area contributed by atoms with E-state index in [0.717, 1.165) is 19.4 Å². The predicted octanol–water partition coefficient (Wildman–Crippen LogP) is 2.42. The predicted molar refractivity (Wildman–Crippen MR) is 152 cm³/mol. The van der Waals surface area contributed by atoms with Crippen LogP contribution in [0.25, 0.3) is 11.0 Å². The molecular weight excluding hydrogens is 526 g/mol. The third kappa shape index (κ3) is 4.24. The zero-order valence-corrected chi connectivity index (χ0v) is 23.0. The van der Waals surface area contributed by atoms with Gasteiger partial charge in [-0.3, -0.25) is 9.36 Å². The third-order valence-electron chi connectivity index (χ3n) is 7.22. The van der Waals surface area contributed by atoms with E-state index >= 15 is 0 Å². The van der Waals surface area contributed by atoms with Crippen molar-refractivity contribution in [3.63, 3.8) is 0 Å². The molecule has 4 heterocycles. The Hall–Kier alpha value is -4.45. The van der Waals surface area contributed by atoms with Gasteiger partial charge >= 0.3 is 0 Å². The molecule has 0 aliphatic carbocycles. The number of hydrogen-bond acceptors (Lipinski definition) is 8. The molecule has 2 N–H and O–H groups in total. The van der Waals surface area contributed by atoms with E-state index in [1.54, 1.807) is 38.1 Å². The lowest BCUT2D eigenvalue weighted by Crippen LogP contribution is -2.44. The highest BCUT2D eigenvalue weighted by atomic mass is 32.2. The second-order valence-electron chi connectivity index (χ2n) is 9.89. The maximum Gasteiger partial charge on any atom is 0.293 e. The second kappa shape index (κ2) is 9.94. The van der Waals surface area contributed by atoms with Crippen LogP contribution in [0.15, 0.2) is 56.0 Å². The number of rotatable bonds is 4. The Bertz CT molecular complexity index is 1910. The molecule has 1 saturated heterocycles. The third-order valence-corrected chi connectivity index (χ3v) is 9.06. The van der Waals surface area contributed by atoms with Crippen molar-refractivity contribution >= 4 is 38.2 Å². The van der Waals surface area contributed by atoms with Crippen molar-refractivity contribution in [2.75, 3.05) is 18.0 Å². The van der Waals surface area contributed by atoms with Crippen LogP contribution in [-0.4, -0.2) is 52.6 Å². The van der Waals surface area contributed by atoms with Crippen molar-refractivity contribution < 1.29 is 8.42 Å². The summed E-state index contributed by atoms with van der Waals surface area (Å²) in [6.07, 6.45) is 1.87. The van der Waals surface area contributed by atoms with E-state index in [4.69, 9.17) is 10.7 Å². The minimum absolute atomic E-state index is 0.0247. The zero-order chi connectivity index (χ0) is 28.0. The van der Waals surface area contributed by atoms with Crippen LogP contribution < -0.4 is 16.2 Å². The van der Waals surface area contributed by atoms with Crippen molar-refractivity contribution in [1.82, 2.24) is 19.3 Å². The summed E-state index contributed by atoms with van der Waals surface area (Å²) in [6.45, 7) is 5.21. The summed E-state index contributed by atoms with van der Waals surface area (Å²) in [7, 11) is -3.87. The van der Waals surface area contributed by atoms with E-state index < -0.39 is 9.84 Å². The number of nitrogens with two attached hydrogens (primary N) is 1. The number of anilines is 1. The van der Waals surface area contributed by atoms with Gasteiger partial charge < -0.3 is 10.6 Å². The average Bonchev–Trinajstić information content (AvgIpc) is 3.31. The first-order chi connectivity index (χ1) is 19.3. The van der Waals surface area contributed by atoms with Crippen LogP contribution in [-0.2, 0) is 22.9 Å². The monoisotopic (exact) mass is 553 g/mol. The number of aryl methyl sites for hydroxylation is 1. The van der Waals surface area contributed by atoms with E-state index in [2.05, 4.69) is 39.0 Å². The molecule has 11 heteroatoms. The molecule has 2 aromatic heterocycles. The average molecular weight is 554 g/mol. The molecule has 0 amide bonds. The molecule has 2 aliphatic rings. The Kier molecular flexibility index (Phi) is 6.41. The fourth-order valence-electron chi connectivity index (χ4n) is 5.34. The Morgan fingerprint density at radius 1 is 1.20 bits per heavy atom. The molecule has 1 fully saturated rings. The molecule has 0 spiro atoms. The lowest BCUT2D eigenvalue weighted by Gasteiger charge is -2.31. The molecule has 6 rings (SSSR count). The summed E-state index contributed by atoms with van der Waals surface area (Å²) in [4.78, 5) is 25.8. The highest BCUT2D eigenvalue weighted by Gasteiger charge is 2.30. The SMILES string of the molecule is CC#CCn1c(N2CCCC(N)C2)nc2c(C)nn(CC3=Nc4c#cccc4S(=O)(=O)c4ccccc43)c(=O)c21. The van der Waals surface area contributed by atoms with Crippen LogP contribution in [0, 0.1) is 30.9 Å². The first-order valence-electron chi connectivity index (χ1n) is 13.0. The number of imidazole rings is 1. The highest BCUT2D eigenvalue weighted by Crippen LogP contribution is 2.34. The maximum atomic E-state index is 14.0. The molecule has 202 valence electrons. The summed E-state index contributed by atoms with van der Waals surface area (Å²) in [6, 6.07) is 15.2. The van der Waals surface area contributed by atoms with Gasteiger partial charge in [0.15, 0.2) is 0 Å². The summed E-state index contributed by atoms with van der Waals surface area (Å²) in [5.74, 6) is 6.63. The van der Waals surface area contributed by atoms with E-state index in [-0.39, 0.29) is 40.2 Å². The van der Waals surface area contributed by atoms with Crippen molar-refractivity contribution in [3.05, 3.63) is 70.1 Å². The van der Waals surface area contributed by atoms with Gasteiger partial charge in [-0.2, -0.15) is 5.10 Å². The van der Waals surface area contributed by atoms with Gasteiger partial charge in [0.05, 0.1) is 29.4 Å². The molecule has 2 aliphatic heterocycles. The number of piperidine rings is 1. The quantitative estimate of drug-likeness (QED) is 0.384. The van der Waals surface area contributed by atoms with Crippen molar-refractivity contribution in [2.24, 2.45) is 10.7 Å². The molecule has 10 nitrogen and oxygen atoms in total. The molecule has 2 aromatic carbocycles. The number of nitrogens with zero attached hydrogens (tertiary/aromatic N) is 6. The van der Waals surface area contributed by atoms with Crippen LogP contribution in [0.3, 0.4) is 0 Å². The second-order valence-corrected chi connectivity index (χ2v) is 11.8. The summed E-state index contributed by atoms with van der Waals surface area (Å²) in [5.41, 5.74) is 8.28. The van der Waals surface area contributed by atoms with Gasteiger partial charge in [-0.05, 0) is 51.0 Å². The lowest BCUT2D eigenvalue weighted by molar-refractivity contribution is 0.496. The van der Waals surface area contributed by atoms with Gasteiger partial charge in [0, 0.05) is 24.7 Å². The van der Waals surface area contributed by atoms with Crippen LogP contribution in [0.2, 0.25) is 0 Å². The molecule has 0 saturated carbocycles. The van der Waals surface area contributed by atoms with Crippen LogP contribution >= 0.6 is 0 Å². The van der Waals surface area contributed by atoms with Gasteiger partial charge in [0.1, 0.15) is 21.6 Å². The summed E-state index contributed by atoms with van der Waals surface area (Å²) >= 11 is 0. The van der Waals surface area contributed by atoms with E-state index in [9.17, 15) is 13.2 Å². The number of fused-ring (bicyclic) bond motifs is 3. The smallest absolute Gasteiger partial charge is 0.293 e. The topological polar surface area (TPSA) is 128 Å². The molecule has 0 bridgehead atoms. The van der Waals surface area contributed by atoms with Crippen LogP contribution in [0.1, 0.15) is 31.0 Å². The largest absolute Gasteiger partial charge is 0.341 e. The number of sulfone groups is 1. The number of aliphatic imine (C=N–C) groups is 1. The van der Waals surface area contributed by atoms with Crippen LogP contribution in [0.5, 0.6) is 0 Å². The van der Waals surface area contributed by atoms with Gasteiger partial charge in [0.2, 0.25) is 15.8 Å². The zero-order valence-electron chi connectivity index (χ0n) is 22.2. The fourth-order valence-corrected chi connectivity index (χ4v) is 6.91. The van der Waals surface area contributed by atoms with Gasteiger partial charge in [-0.15, -0.1) is 5.92 Å². The summed E-state index contributed by atoms with van der Waals surface area (Å²) < 4.78 is 30.2. The van der Waals surface area contributed by atoms with Crippen molar-refractivity contribution in [3.8, 4) is 11.8 Å². The Balaban J connectivity index is 1.53. The minimum Gasteiger partial charge on any atom is -0.341 e. The molecular formula is C29H27N7O3S. The van der Waals surface area contributed by atoms with E-state index in [1.165, 1.54) is 16.8 Å². The number of aromatic nitrogens is 4. The standard InChI is InChI=1S/C29H27N7O3S/c1-3-4-16-35-27-26(32-29(35)34-15-9-10-20(30)17-34)19(2)33-36(28(27)37)18-23-21-11-5-7-13-24(21)40(38,39)25-14-8-6-12-22(25)31-23/h5,7-8,11,13-14,20H,9-10,15-18,30H2,1-2H3. The highest BCUT2D eigenvalue weighted by molar-refractivity contribution is 7.91. The Labute approximate surface area is 232 Å². The molecule has 40 heavy (non-hydrogen) atoms. The molecule has 1 unspecified atom stereocenters. The first-order valence-corrected chi connectivity index (χ1v) is 14.5. The Morgan fingerprint density at radius 2 is 2.02 bits per heavy atom. The molecule has 1 atom stereocenters. The Morgan fingerprint density at radius 3 is 2.83 bits per heavy atom. The molecule has 0 radical (unpaired) electrons. The number of benzene rings is 1. The van der Waals surface area contributed by atoms with Crippen molar-refractivity contribution in [1.29, 1.82) is 0 Å². The van der Waals surface area contributed by atoms with Gasteiger partial charge in [-0.1, -0.05) is 30.2 Å². The number of hydrogen-bond donors (Lipinski definition) is 1. The first kappa shape index (κ1) is 25.8. The van der Waals surface area contributed by atoms with Gasteiger partial charge in [0.25, 0.3) is 5.56 Å². The lowest BCUT2D eigenvalue weighted by atomic mass is 10.1. The summed E-state index contributed by atoms with van der Waals surface area (Å²) in [5, 5.41) is 4.59. The minimum atomic E-state index is -3.87. The fraction of sp³-hybridized carbons (Fsp3) is 0.310. The van der Waals surface area contributed by atoms with Gasteiger partial charge in [-0.25, -0.2) is 23.1 Å². The van der Waals surface area contributed by atoms with E-state index in [1.807, 2.05) is 4.57 Å². The molecule has 4 aromatic rings. The van der Waals surface area contributed by atoms with Crippen molar-refractivity contribution in [2.45, 2.75) is 55.6 Å². The van der Waals surface area contributed by atoms with Crippen LogP contribution in [0.4, 0.5) is 11.6 Å². The maximum absolute atomic E-state index is 14.0.